The fourth-order valence-electron chi connectivity index (χ4n) is 1.82. The van der Waals surface area contributed by atoms with E-state index in [1.165, 1.54) is 32.2 Å². The van der Waals surface area contributed by atoms with Crippen molar-refractivity contribution in [2.45, 2.75) is 51.1 Å². The number of carbonyl (C=O) groups excluding carboxylic acids is 1. The van der Waals surface area contributed by atoms with Gasteiger partial charge in [-0.2, -0.15) is 0 Å². The van der Waals surface area contributed by atoms with Gasteiger partial charge < -0.3 is 10.6 Å². The summed E-state index contributed by atoms with van der Waals surface area (Å²) in [6, 6.07) is 1.01. The molecule has 0 aliphatic carbocycles. The third-order valence-electron chi connectivity index (χ3n) is 2.71. The number of carbonyl (C=O) groups is 1. The van der Waals surface area contributed by atoms with Crippen molar-refractivity contribution in [2.75, 3.05) is 6.54 Å². The van der Waals surface area contributed by atoms with Crippen molar-refractivity contribution >= 4 is 6.41 Å². The van der Waals surface area contributed by atoms with Crippen LogP contribution in [0.4, 0.5) is 0 Å². The van der Waals surface area contributed by atoms with Crippen LogP contribution in [-0.4, -0.2) is 25.0 Å². The molecule has 3 nitrogen and oxygen atoms in total. The number of piperidine rings is 1. The average molecular weight is 184 g/mol. The van der Waals surface area contributed by atoms with Gasteiger partial charge in [0.25, 0.3) is 0 Å². The van der Waals surface area contributed by atoms with E-state index in [4.69, 9.17) is 0 Å². The van der Waals surface area contributed by atoms with Gasteiger partial charge in [0.2, 0.25) is 6.41 Å². The number of nitrogens with one attached hydrogen (secondary N) is 2. The highest BCUT2D eigenvalue weighted by Gasteiger charge is 2.12. The van der Waals surface area contributed by atoms with E-state index in [2.05, 4.69) is 17.6 Å². The maximum absolute atomic E-state index is 10.1. The fourth-order valence-corrected chi connectivity index (χ4v) is 1.82. The number of hydrogen-bond donors (Lipinski definition) is 2. The van der Waals surface area contributed by atoms with Crippen LogP contribution in [0.25, 0.3) is 0 Å². The lowest BCUT2D eigenvalue weighted by Gasteiger charge is -2.24. The first-order valence-electron chi connectivity index (χ1n) is 5.26. The summed E-state index contributed by atoms with van der Waals surface area (Å²) in [6.07, 6.45) is 7.02. The van der Waals surface area contributed by atoms with Crippen molar-refractivity contribution in [3.05, 3.63) is 0 Å². The summed E-state index contributed by atoms with van der Waals surface area (Å²) in [5.41, 5.74) is 0. The second-order valence-electron chi connectivity index (χ2n) is 3.91. The summed E-state index contributed by atoms with van der Waals surface area (Å²) in [7, 11) is 0. The molecule has 3 heteroatoms. The van der Waals surface area contributed by atoms with Gasteiger partial charge in [0.05, 0.1) is 0 Å². The first-order valence-corrected chi connectivity index (χ1v) is 5.26. The third kappa shape index (κ3) is 4.27. The quantitative estimate of drug-likeness (QED) is 0.627. The zero-order valence-electron chi connectivity index (χ0n) is 8.38. The molecule has 1 aliphatic rings. The van der Waals surface area contributed by atoms with Crippen molar-refractivity contribution < 1.29 is 4.79 Å². The molecule has 76 valence electrons. The third-order valence-corrected chi connectivity index (χ3v) is 2.71. The first kappa shape index (κ1) is 10.5. The van der Waals surface area contributed by atoms with Crippen LogP contribution in [-0.2, 0) is 4.79 Å². The topological polar surface area (TPSA) is 41.1 Å². The van der Waals surface area contributed by atoms with Gasteiger partial charge in [0.1, 0.15) is 0 Å². The Bertz CT molecular complexity index is 144. The van der Waals surface area contributed by atoms with Gasteiger partial charge in [-0.25, -0.2) is 0 Å². The van der Waals surface area contributed by atoms with Gasteiger partial charge in [-0.15, -0.1) is 0 Å². The van der Waals surface area contributed by atoms with Gasteiger partial charge in [-0.05, 0) is 39.2 Å². The average Bonchev–Trinajstić information content (AvgIpc) is 2.17. The van der Waals surface area contributed by atoms with Crippen LogP contribution in [0.3, 0.4) is 0 Å². The Kier molecular flexibility index (Phi) is 4.83. The molecule has 13 heavy (non-hydrogen) atoms. The van der Waals surface area contributed by atoms with Crippen molar-refractivity contribution in [1.29, 1.82) is 0 Å². The Hall–Kier alpha value is -0.570. The Morgan fingerprint density at radius 3 is 3.08 bits per heavy atom. The van der Waals surface area contributed by atoms with Gasteiger partial charge in [-0.1, -0.05) is 6.42 Å². The van der Waals surface area contributed by atoms with Crippen molar-refractivity contribution in [3.63, 3.8) is 0 Å². The summed E-state index contributed by atoms with van der Waals surface area (Å²) in [5.74, 6) is 0. The van der Waals surface area contributed by atoms with Crippen LogP contribution in [0, 0.1) is 0 Å². The van der Waals surface area contributed by atoms with E-state index >= 15 is 0 Å². The highest BCUT2D eigenvalue weighted by molar-refractivity contribution is 5.46. The van der Waals surface area contributed by atoms with Crippen molar-refractivity contribution in [2.24, 2.45) is 0 Å². The molecule has 0 spiro atoms. The summed E-state index contributed by atoms with van der Waals surface area (Å²) in [6.45, 7) is 3.22. The van der Waals surface area contributed by atoms with E-state index in [0.29, 0.717) is 12.1 Å². The minimum absolute atomic E-state index is 0.321. The van der Waals surface area contributed by atoms with E-state index in [9.17, 15) is 4.79 Å². The van der Waals surface area contributed by atoms with E-state index in [1.807, 2.05) is 0 Å². The zero-order valence-corrected chi connectivity index (χ0v) is 8.38. The Balaban J connectivity index is 2.06. The standard InChI is InChI=1S/C10H20N2O/c1-9(12-8-13)5-6-10-4-2-3-7-11-10/h8-11H,2-7H2,1H3,(H,12,13). The molecule has 1 rings (SSSR count). The fraction of sp³-hybridized carbons (Fsp3) is 0.900. The van der Waals surface area contributed by atoms with Crippen LogP contribution >= 0.6 is 0 Å². The number of hydrogen-bond acceptors (Lipinski definition) is 2. The lowest BCUT2D eigenvalue weighted by molar-refractivity contribution is -0.110. The van der Waals surface area contributed by atoms with E-state index < -0.39 is 0 Å². The van der Waals surface area contributed by atoms with Gasteiger partial charge in [0.15, 0.2) is 0 Å². The molecule has 0 saturated carbocycles. The molecule has 0 bridgehead atoms. The maximum atomic E-state index is 10.1. The lowest BCUT2D eigenvalue weighted by atomic mass is 9.99. The monoisotopic (exact) mass is 184 g/mol. The largest absolute Gasteiger partial charge is 0.356 e. The normalized spacial score (nSPS) is 25.2. The van der Waals surface area contributed by atoms with Gasteiger partial charge >= 0.3 is 0 Å². The van der Waals surface area contributed by atoms with Crippen LogP contribution in [0.5, 0.6) is 0 Å². The molecule has 1 saturated heterocycles. The molecule has 0 radical (unpaired) electrons. The molecule has 2 N–H and O–H groups in total. The molecule has 1 heterocycles. The smallest absolute Gasteiger partial charge is 0.207 e. The van der Waals surface area contributed by atoms with E-state index in [1.54, 1.807) is 0 Å². The SMILES string of the molecule is CC(CCC1CCCCN1)NC=O. The highest BCUT2D eigenvalue weighted by atomic mass is 16.1. The predicted octanol–water partition coefficient (Wildman–Crippen LogP) is 1.04. The molecule has 0 aromatic heterocycles. The number of amides is 1. The predicted molar refractivity (Wildman–Crippen MR) is 53.5 cm³/mol. The molecule has 1 fully saturated rings. The summed E-state index contributed by atoms with van der Waals surface area (Å²) < 4.78 is 0. The maximum Gasteiger partial charge on any atom is 0.207 e. The molecule has 2 atom stereocenters. The van der Waals surface area contributed by atoms with Crippen molar-refractivity contribution in [1.82, 2.24) is 10.6 Å². The first-order chi connectivity index (χ1) is 6.33. The zero-order chi connectivity index (χ0) is 9.52. The van der Waals surface area contributed by atoms with E-state index in [-0.39, 0.29) is 0 Å². The molecular weight excluding hydrogens is 164 g/mol. The van der Waals surface area contributed by atoms with Gasteiger partial charge in [-0.3, -0.25) is 4.79 Å². The summed E-state index contributed by atoms with van der Waals surface area (Å²) >= 11 is 0. The second kappa shape index (κ2) is 5.97. The van der Waals surface area contributed by atoms with Crippen LogP contribution in [0.1, 0.15) is 39.0 Å². The molecule has 0 aromatic carbocycles. The lowest BCUT2D eigenvalue weighted by Crippen LogP contribution is -2.35. The molecule has 0 aromatic rings. The van der Waals surface area contributed by atoms with Gasteiger partial charge in [0, 0.05) is 12.1 Å². The van der Waals surface area contributed by atoms with Crippen LogP contribution < -0.4 is 10.6 Å². The summed E-state index contributed by atoms with van der Waals surface area (Å²) in [4.78, 5) is 10.1. The van der Waals surface area contributed by atoms with Crippen LogP contribution in [0.15, 0.2) is 0 Å². The minimum Gasteiger partial charge on any atom is -0.356 e. The van der Waals surface area contributed by atoms with Crippen molar-refractivity contribution in [3.8, 4) is 0 Å². The van der Waals surface area contributed by atoms with Crippen LogP contribution in [0.2, 0.25) is 0 Å². The molecule has 2 unspecified atom stereocenters. The molecular formula is C10H20N2O. The molecule has 1 amide bonds. The van der Waals surface area contributed by atoms with E-state index in [0.717, 1.165) is 12.8 Å². The Morgan fingerprint density at radius 1 is 1.62 bits per heavy atom. The minimum atomic E-state index is 0.321. The number of rotatable bonds is 5. The second-order valence-corrected chi connectivity index (χ2v) is 3.91. The Labute approximate surface area is 80.3 Å². The summed E-state index contributed by atoms with van der Waals surface area (Å²) in [5, 5.41) is 6.28. The molecule has 1 aliphatic heterocycles. The Morgan fingerprint density at radius 2 is 2.46 bits per heavy atom. The highest BCUT2D eigenvalue weighted by Crippen LogP contribution is 2.12.